The highest BCUT2D eigenvalue weighted by molar-refractivity contribution is 5.70. The van der Waals surface area contributed by atoms with Crippen molar-refractivity contribution in [3.8, 4) is 11.4 Å². The van der Waals surface area contributed by atoms with E-state index in [0.29, 0.717) is 11.4 Å². The minimum Gasteiger partial charge on any atom is -0.278 e. The lowest BCUT2D eigenvalue weighted by Gasteiger charge is -2.06. The van der Waals surface area contributed by atoms with Crippen molar-refractivity contribution < 1.29 is 0 Å². The van der Waals surface area contributed by atoms with Crippen molar-refractivity contribution in [2.45, 2.75) is 0 Å². The molecule has 0 spiro atoms. The number of fused-ring (bicyclic) bond motifs is 1. The highest BCUT2D eigenvalue weighted by Crippen LogP contribution is 2.12. The summed E-state index contributed by atoms with van der Waals surface area (Å²) in [6.07, 6.45) is 3.20. The van der Waals surface area contributed by atoms with Crippen molar-refractivity contribution in [2.24, 2.45) is 14.1 Å². The molecule has 0 saturated carbocycles. The van der Waals surface area contributed by atoms with Crippen molar-refractivity contribution >= 4 is 11.2 Å². The molecule has 100 valence electrons. The fraction of sp³-hybridized carbons (Fsp3) is 0.167. The second kappa shape index (κ2) is 4.34. The maximum Gasteiger partial charge on any atom is 0.332 e. The second-order valence-electron chi connectivity index (χ2n) is 4.25. The van der Waals surface area contributed by atoms with Crippen molar-refractivity contribution in [1.82, 2.24) is 29.3 Å². The molecule has 8 heteroatoms. The summed E-state index contributed by atoms with van der Waals surface area (Å²) in [5.74, 6) is 0.315. The molecule has 8 nitrogen and oxygen atoms in total. The van der Waals surface area contributed by atoms with E-state index in [9.17, 15) is 9.59 Å². The third-order valence-corrected chi connectivity index (χ3v) is 3.01. The Hall–Kier alpha value is -2.90. The van der Waals surface area contributed by atoms with E-state index < -0.39 is 11.2 Å². The van der Waals surface area contributed by atoms with Crippen LogP contribution in [0.2, 0.25) is 0 Å². The van der Waals surface area contributed by atoms with Crippen LogP contribution < -0.4 is 11.2 Å². The van der Waals surface area contributed by atoms with Gasteiger partial charge in [0.2, 0.25) is 0 Å². The molecular weight excluding hydrogens is 260 g/mol. The summed E-state index contributed by atoms with van der Waals surface area (Å²) in [5, 5.41) is 7.89. The van der Waals surface area contributed by atoms with E-state index >= 15 is 0 Å². The molecule has 0 saturated heterocycles. The Bertz CT molecular complexity index is 913. The SMILES string of the molecule is Cn1c(=O)c2nc(-c3ccncc3)nnc2n(C)c1=O. The van der Waals surface area contributed by atoms with Gasteiger partial charge in [0, 0.05) is 32.1 Å². The Kier molecular flexibility index (Phi) is 2.63. The summed E-state index contributed by atoms with van der Waals surface area (Å²) in [7, 11) is 2.92. The first kappa shape index (κ1) is 12.2. The summed E-state index contributed by atoms with van der Waals surface area (Å²) in [6, 6.07) is 3.44. The molecule has 3 aromatic heterocycles. The second-order valence-corrected chi connectivity index (χ2v) is 4.25. The zero-order valence-corrected chi connectivity index (χ0v) is 10.8. The molecule has 3 aromatic rings. The van der Waals surface area contributed by atoms with Crippen LogP contribution in [0.3, 0.4) is 0 Å². The van der Waals surface area contributed by atoms with Crippen molar-refractivity contribution in [3.63, 3.8) is 0 Å². The van der Waals surface area contributed by atoms with Gasteiger partial charge < -0.3 is 0 Å². The number of hydrogen-bond donors (Lipinski definition) is 0. The number of pyridine rings is 1. The van der Waals surface area contributed by atoms with Gasteiger partial charge in [0.25, 0.3) is 5.56 Å². The summed E-state index contributed by atoms with van der Waals surface area (Å²) in [5.41, 5.74) is 0.0150. The van der Waals surface area contributed by atoms with E-state index in [0.717, 1.165) is 4.57 Å². The summed E-state index contributed by atoms with van der Waals surface area (Å²) in [6.45, 7) is 0. The number of nitrogens with zero attached hydrogens (tertiary/aromatic N) is 6. The van der Waals surface area contributed by atoms with Crippen LogP contribution in [0.5, 0.6) is 0 Å². The van der Waals surface area contributed by atoms with Crippen molar-refractivity contribution in [3.05, 3.63) is 45.4 Å². The zero-order chi connectivity index (χ0) is 14.3. The van der Waals surface area contributed by atoms with E-state index in [4.69, 9.17) is 0 Å². The first-order valence-corrected chi connectivity index (χ1v) is 5.80. The predicted octanol–water partition coefficient (Wildman–Crippen LogP) is -0.516. The van der Waals surface area contributed by atoms with Crippen LogP contribution in [0.25, 0.3) is 22.6 Å². The highest BCUT2D eigenvalue weighted by atomic mass is 16.2. The van der Waals surface area contributed by atoms with Gasteiger partial charge in [0.05, 0.1) is 0 Å². The van der Waals surface area contributed by atoms with Gasteiger partial charge in [-0.15, -0.1) is 10.2 Å². The van der Waals surface area contributed by atoms with Crippen LogP contribution in [0.15, 0.2) is 34.1 Å². The minimum absolute atomic E-state index is 0.108. The Morgan fingerprint density at radius 2 is 1.70 bits per heavy atom. The standard InChI is InChI=1S/C12H10N6O2/c1-17-10-8(11(19)18(2)12(17)20)14-9(15-16-10)7-3-5-13-6-4-7/h3-6H,1-2H3. The third kappa shape index (κ3) is 1.69. The molecule has 0 aliphatic carbocycles. The summed E-state index contributed by atoms with van der Waals surface area (Å²) in [4.78, 5) is 32.0. The molecule has 0 aliphatic rings. The molecule has 0 unspecified atom stereocenters. The van der Waals surface area contributed by atoms with Crippen LogP contribution in [-0.2, 0) is 14.1 Å². The molecule has 0 fully saturated rings. The Morgan fingerprint density at radius 1 is 1.00 bits per heavy atom. The molecule has 3 heterocycles. The van der Waals surface area contributed by atoms with Gasteiger partial charge in [0.1, 0.15) is 0 Å². The number of aryl methyl sites for hydroxylation is 1. The van der Waals surface area contributed by atoms with Crippen LogP contribution >= 0.6 is 0 Å². The molecule has 0 aliphatic heterocycles. The first-order chi connectivity index (χ1) is 9.59. The summed E-state index contributed by atoms with van der Waals surface area (Å²) >= 11 is 0. The van der Waals surface area contributed by atoms with E-state index in [1.54, 1.807) is 24.5 Å². The first-order valence-electron chi connectivity index (χ1n) is 5.80. The van der Waals surface area contributed by atoms with Gasteiger partial charge in [-0.05, 0) is 12.1 Å². The quantitative estimate of drug-likeness (QED) is 0.590. The monoisotopic (exact) mass is 270 g/mol. The van der Waals surface area contributed by atoms with Crippen LogP contribution in [0.4, 0.5) is 0 Å². The average Bonchev–Trinajstić information content (AvgIpc) is 2.51. The normalized spacial score (nSPS) is 10.9. The fourth-order valence-corrected chi connectivity index (χ4v) is 1.87. The highest BCUT2D eigenvalue weighted by Gasteiger charge is 2.13. The third-order valence-electron chi connectivity index (χ3n) is 3.01. The molecule has 0 aromatic carbocycles. The Balaban J connectivity index is 2.38. The number of hydrogen-bond acceptors (Lipinski definition) is 6. The van der Waals surface area contributed by atoms with E-state index in [-0.39, 0.29) is 11.2 Å². The van der Waals surface area contributed by atoms with Crippen molar-refractivity contribution in [2.75, 3.05) is 0 Å². The maximum absolute atomic E-state index is 12.1. The summed E-state index contributed by atoms with van der Waals surface area (Å²) < 4.78 is 2.24. The van der Waals surface area contributed by atoms with E-state index in [1.165, 1.54) is 18.7 Å². The molecule has 0 radical (unpaired) electrons. The van der Waals surface area contributed by atoms with Crippen LogP contribution in [0, 0.1) is 0 Å². The average molecular weight is 270 g/mol. The van der Waals surface area contributed by atoms with E-state index in [2.05, 4.69) is 20.2 Å². The van der Waals surface area contributed by atoms with Gasteiger partial charge in [-0.25, -0.2) is 9.78 Å². The van der Waals surface area contributed by atoms with Gasteiger partial charge in [0.15, 0.2) is 17.0 Å². The van der Waals surface area contributed by atoms with Gasteiger partial charge in [-0.3, -0.25) is 18.9 Å². The fourth-order valence-electron chi connectivity index (χ4n) is 1.87. The van der Waals surface area contributed by atoms with Gasteiger partial charge in [-0.2, -0.15) is 0 Å². The number of rotatable bonds is 1. The molecule has 0 atom stereocenters. The lowest BCUT2D eigenvalue weighted by molar-refractivity contribution is 0.698. The molecule has 20 heavy (non-hydrogen) atoms. The number of aromatic nitrogens is 6. The molecule has 3 rings (SSSR count). The van der Waals surface area contributed by atoms with E-state index in [1.807, 2.05) is 0 Å². The lowest BCUT2D eigenvalue weighted by atomic mass is 10.2. The molecular formula is C12H10N6O2. The molecule has 0 amide bonds. The zero-order valence-electron chi connectivity index (χ0n) is 10.8. The lowest BCUT2D eigenvalue weighted by Crippen LogP contribution is -2.38. The van der Waals surface area contributed by atoms with Crippen molar-refractivity contribution in [1.29, 1.82) is 0 Å². The van der Waals surface area contributed by atoms with Gasteiger partial charge in [-0.1, -0.05) is 0 Å². The minimum atomic E-state index is -0.492. The maximum atomic E-state index is 12.1. The molecule has 0 bridgehead atoms. The molecule has 0 N–H and O–H groups in total. The van der Waals surface area contributed by atoms with Gasteiger partial charge >= 0.3 is 5.69 Å². The largest absolute Gasteiger partial charge is 0.332 e. The Morgan fingerprint density at radius 3 is 2.40 bits per heavy atom. The predicted molar refractivity (Wildman–Crippen MR) is 71.0 cm³/mol. The van der Waals surface area contributed by atoms with Crippen LogP contribution in [0.1, 0.15) is 0 Å². The topological polar surface area (TPSA) is 95.6 Å². The smallest absolute Gasteiger partial charge is 0.278 e. The Labute approximate surface area is 112 Å². The van der Waals surface area contributed by atoms with Crippen LogP contribution in [-0.4, -0.2) is 29.3 Å².